The van der Waals surface area contributed by atoms with Crippen LogP contribution in [0.1, 0.15) is 38.5 Å². The number of hydrogen-bond donors (Lipinski definition) is 2. The van der Waals surface area contributed by atoms with Crippen molar-refractivity contribution in [1.29, 1.82) is 0 Å². The lowest BCUT2D eigenvalue weighted by Crippen LogP contribution is -2.60. The number of thiocarbonyl (C=S) groups is 1. The van der Waals surface area contributed by atoms with Crippen LogP contribution in [0.2, 0.25) is 10.0 Å². The normalized spacial score (nSPS) is 35.5. The van der Waals surface area contributed by atoms with Crippen molar-refractivity contribution in [2.75, 3.05) is 5.32 Å². The third kappa shape index (κ3) is 2.83. The number of rotatable bonds is 2. The molecule has 0 unspecified atom stereocenters. The van der Waals surface area contributed by atoms with Crippen molar-refractivity contribution < 1.29 is 0 Å². The molecule has 2 N–H and O–H groups in total. The van der Waals surface area contributed by atoms with E-state index < -0.39 is 0 Å². The fourth-order valence-corrected chi connectivity index (χ4v) is 6.03. The molecule has 0 amide bonds. The summed E-state index contributed by atoms with van der Waals surface area (Å²) in [4.78, 5) is 0. The van der Waals surface area contributed by atoms with E-state index in [-0.39, 0.29) is 5.54 Å². The summed E-state index contributed by atoms with van der Waals surface area (Å²) < 4.78 is 0. The summed E-state index contributed by atoms with van der Waals surface area (Å²) in [6.07, 6.45) is 8.12. The Labute approximate surface area is 146 Å². The average molecular weight is 355 g/mol. The predicted octanol–water partition coefficient (Wildman–Crippen LogP) is 5.25. The van der Waals surface area contributed by atoms with Gasteiger partial charge in [0.2, 0.25) is 0 Å². The molecule has 118 valence electrons. The summed E-state index contributed by atoms with van der Waals surface area (Å²) in [6.45, 7) is 0. The second-order valence-electron chi connectivity index (χ2n) is 7.40. The van der Waals surface area contributed by atoms with E-state index in [1.807, 2.05) is 12.1 Å². The van der Waals surface area contributed by atoms with E-state index in [1.54, 1.807) is 6.07 Å². The Balaban J connectivity index is 1.46. The first-order chi connectivity index (χ1) is 10.5. The van der Waals surface area contributed by atoms with Crippen LogP contribution in [-0.4, -0.2) is 10.7 Å². The molecule has 0 heterocycles. The van der Waals surface area contributed by atoms with Crippen LogP contribution in [0, 0.1) is 17.8 Å². The predicted molar refractivity (Wildman–Crippen MR) is 96.7 cm³/mol. The molecule has 4 aliphatic carbocycles. The Hall–Kier alpha value is -0.510. The molecule has 5 heteroatoms. The van der Waals surface area contributed by atoms with Crippen molar-refractivity contribution in [2.24, 2.45) is 17.8 Å². The molecule has 0 spiro atoms. The molecule has 5 rings (SSSR count). The van der Waals surface area contributed by atoms with Crippen LogP contribution >= 0.6 is 35.4 Å². The van der Waals surface area contributed by atoms with Gasteiger partial charge in [-0.3, -0.25) is 0 Å². The molecule has 0 aromatic heterocycles. The number of benzene rings is 1. The van der Waals surface area contributed by atoms with Crippen LogP contribution < -0.4 is 10.6 Å². The highest BCUT2D eigenvalue weighted by Gasteiger charge is 2.51. The van der Waals surface area contributed by atoms with Gasteiger partial charge in [0.25, 0.3) is 0 Å². The van der Waals surface area contributed by atoms with Gasteiger partial charge in [0.05, 0.1) is 10.7 Å². The first-order valence-corrected chi connectivity index (χ1v) is 9.22. The van der Waals surface area contributed by atoms with Crippen LogP contribution in [-0.2, 0) is 0 Å². The van der Waals surface area contributed by atoms with E-state index in [9.17, 15) is 0 Å². The molecule has 0 saturated heterocycles. The Morgan fingerprint density at radius 3 is 2.18 bits per heavy atom. The standard InChI is InChI=1S/C17H20Cl2N2S/c18-13-1-2-15(14(19)6-13)20-16(22)21-17-7-10-3-11(8-17)5-12(4-10)9-17/h1-2,6,10-12H,3-5,7-9H2,(H2,20,21,22). The first kappa shape index (κ1) is 15.0. The summed E-state index contributed by atoms with van der Waals surface area (Å²) >= 11 is 17.7. The molecule has 22 heavy (non-hydrogen) atoms. The lowest BCUT2D eigenvalue weighted by molar-refractivity contribution is -0.00972. The van der Waals surface area contributed by atoms with Gasteiger partial charge in [-0.15, -0.1) is 0 Å². The highest BCUT2D eigenvalue weighted by molar-refractivity contribution is 7.80. The van der Waals surface area contributed by atoms with Gasteiger partial charge < -0.3 is 10.6 Å². The molecule has 4 saturated carbocycles. The van der Waals surface area contributed by atoms with E-state index in [0.717, 1.165) is 23.4 Å². The minimum atomic E-state index is 0.220. The fraction of sp³-hybridized carbons (Fsp3) is 0.588. The Morgan fingerprint density at radius 1 is 1.05 bits per heavy atom. The summed E-state index contributed by atoms with van der Waals surface area (Å²) in [5.74, 6) is 2.71. The average Bonchev–Trinajstić information content (AvgIpc) is 2.39. The van der Waals surface area contributed by atoms with E-state index in [1.165, 1.54) is 38.5 Å². The minimum Gasteiger partial charge on any atom is -0.357 e. The largest absolute Gasteiger partial charge is 0.357 e. The summed E-state index contributed by atoms with van der Waals surface area (Å²) in [5.41, 5.74) is 1.03. The molecule has 4 fully saturated rings. The number of nitrogens with one attached hydrogen (secondary N) is 2. The van der Waals surface area contributed by atoms with Crippen LogP contribution in [0.25, 0.3) is 0 Å². The second-order valence-corrected chi connectivity index (χ2v) is 8.65. The van der Waals surface area contributed by atoms with Crippen LogP contribution in [0.5, 0.6) is 0 Å². The first-order valence-electron chi connectivity index (χ1n) is 8.06. The van der Waals surface area contributed by atoms with Gasteiger partial charge in [0.15, 0.2) is 5.11 Å². The molecule has 0 aliphatic heterocycles. The molecule has 2 nitrogen and oxygen atoms in total. The monoisotopic (exact) mass is 354 g/mol. The summed E-state index contributed by atoms with van der Waals surface area (Å²) in [7, 11) is 0. The number of anilines is 1. The molecule has 0 atom stereocenters. The van der Waals surface area contributed by atoms with E-state index >= 15 is 0 Å². The molecular formula is C17H20Cl2N2S. The smallest absolute Gasteiger partial charge is 0.171 e. The van der Waals surface area contributed by atoms with Crippen molar-refractivity contribution in [3.8, 4) is 0 Å². The van der Waals surface area contributed by atoms with E-state index in [4.69, 9.17) is 35.4 Å². The lowest BCUT2D eigenvalue weighted by Gasteiger charge is -2.57. The van der Waals surface area contributed by atoms with Crippen molar-refractivity contribution in [3.05, 3.63) is 28.2 Å². The number of hydrogen-bond acceptors (Lipinski definition) is 1. The fourth-order valence-electron chi connectivity index (χ4n) is 5.25. The van der Waals surface area contributed by atoms with Gasteiger partial charge in [-0.25, -0.2) is 0 Å². The SMILES string of the molecule is S=C(Nc1ccc(Cl)cc1Cl)NC12CC3CC(CC(C3)C1)C2. The van der Waals surface area contributed by atoms with Crippen molar-refractivity contribution in [2.45, 2.75) is 44.1 Å². The third-order valence-electron chi connectivity index (χ3n) is 5.60. The van der Waals surface area contributed by atoms with Crippen LogP contribution in [0.3, 0.4) is 0 Å². The van der Waals surface area contributed by atoms with Crippen molar-refractivity contribution in [3.63, 3.8) is 0 Å². The Kier molecular flexibility index (Phi) is 3.79. The van der Waals surface area contributed by atoms with Gasteiger partial charge in [-0.05, 0) is 86.7 Å². The molecule has 1 aromatic carbocycles. The van der Waals surface area contributed by atoms with E-state index in [2.05, 4.69) is 10.6 Å². The van der Waals surface area contributed by atoms with Gasteiger partial charge in [-0.1, -0.05) is 23.2 Å². The molecular weight excluding hydrogens is 335 g/mol. The highest BCUT2D eigenvalue weighted by atomic mass is 35.5. The zero-order chi connectivity index (χ0) is 15.3. The highest BCUT2D eigenvalue weighted by Crippen LogP contribution is 2.55. The molecule has 4 bridgehead atoms. The Bertz CT molecular complexity index is 581. The Morgan fingerprint density at radius 2 is 1.64 bits per heavy atom. The maximum atomic E-state index is 6.22. The lowest BCUT2D eigenvalue weighted by atomic mass is 9.53. The molecule has 4 aliphatic rings. The zero-order valence-corrected chi connectivity index (χ0v) is 14.7. The maximum Gasteiger partial charge on any atom is 0.171 e. The van der Waals surface area contributed by atoms with Crippen LogP contribution in [0.4, 0.5) is 5.69 Å². The third-order valence-corrected chi connectivity index (χ3v) is 6.35. The van der Waals surface area contributed by atoms with Gasteiger partial charge in [0, 0.05) is 10.6 Å². The van der Waals surface area contributed by atoms with Crippen LogP contribution in [0.15, 0.2) is 18.2 Å². The van der Waals surface area contributed by atoms with Crippen molar-refractivity contribution in [1.82, 2.24) is 5.32 Å². The molecule has 0 radical (unpaired) electrons. The number of halogens is 2. The van der Waals surface area contributed by atoms with Gasteiger partial charge >= 0.3 is 0 Å². The quantitative estimate of drug-likeness (QED) is 0.709. The maximum absolute atomic E-state index is 6.22. The van der Waals surface area contributed by atoms with Gasteiger partial charge in [0.1, 0.15) is 0 Å². The van der Waals surface area contributed by atoms with Gasteiger partial charge in [-0.2, -0.15) is 0 Å². The summed E-state index contributed by atoms with van der Waals surface area (Å²) in [6, 6.07) is 5.43. The zero-order valence-electron chi connectivity index (χ0n) is 12.4. The minimum absolute atomic E-state index is 0.220. The second kappa shape index (κ2) is 5.54. The topological polar surface area (TPSA) is 24.1 Å². The molecule has 1 aromatic rings. The van der Waals surface area contributed by atoms with Crippen molar-refractivity contribution >= 4 is 46.2 Å². The summed E-state index contributed by atoms with van der Waals surface area (Å²) in [5, 5.41) is 8.81. The van der Waals surface area contributed by atoms with E-state index in [0.29, 0.717) is 15.2 Å².